The Morgan fingerprint density at radius 3 is 2.71 bits per heavy atom. The van der Waals surface area contributed by atoms with E-state index in [1.807, 2.05) is 30.4 Å². The third-order valence-corrected chi connectivity index (χ3v) is 3.63. The SMILES string of the molecule is O=C(CC1(O)CCCCC1)C1=CC=CC=CC1. The van der Waals surface area contributed by atoms with Crippen LogP contribution in [0.2, 0.25) is 0 Å². The van der Waals surface area contributed by atoms with Crippen LogP contribution in [0.4, 0.5) is 0 Å². The van der Waals surface area contributed by atoms with Crippen LogP contribution in [0.25, 0.3) is 0 Å². The molecule has 1 fully saturated rings. The van der Waals surface area contributed by atoms with Gasteiger partial charge in [0.2, 0.25) is 0 Å². The predicted octanol–water partition coefficient (Wildman–Crippen LogP) is 3.08. The number of ketones is 1. The minimum atomic E-state index is -0.740. The van der Waals surface area contributed by atoms with Gasteiger partial charge in [-0.15, -0.1) is 0 Å². The first-order chi connectivity index (χ1) is 8.20. The second kappa shape index (κ2) is 5.46. The molecular weight excluding hydrogens is 212 g/mol. The molecule has 0 radical (unpaired) electrons. The summed E-state index contributed by atoms with van der Waals surface area (Å²) in [6, 6.07) is 0. The Hall–Kier alpha value is -1.15. The Labute approximate surface area is 103 Å². The lowest BCUT2D eigenvalue weighted by Gasteiger charge is -2.31. The summed E-state index contributed by atoms with van der Waals surface area (Å²) in [4.78, 5) is 12.1. The summed E-state index contributed by atoms with van der Waals surface area (Å²) < 4.78 is 0. The lowest BCUT2D eigenvalue weighted by Crippen LogP contribution is -2.34. The number of carbonyl (C=O) groups is 1. The molecule has 0 heterocycles. The number of hydrogen-bond acceptors (Lipinski definition) is 2. The van der Waals surface area contributed by atoms with Crippen LogP contribution in [-0.2, 0) is 4.79 Å². The summed E-state index contributed by atoms with van der Waals surface area (Å²) in [6.07, 6.45) is 15.4. The molecule has 0 aromatic carbocycles. The van der Waals surface area contributed by atoms with E-state index < -0.39 is 5.60 Å². The minimum Gasteiger partial charge on any atom is -0.389 e. The standard InChI is InChI=1S/C15H20O2/c16-14(13-8-4-1-2-5-9-13)12-15(17)10-6-3-7-11-15/h1-2,4-5,8,17H,3,6-7,9-12H2. The zero-order valence-corrected chi connectivity index (χ0v) is 10.2. The van der Waals surface area contributed by atoms with E-state index >= 15 is 0 Å². The Kier molecular flexibility index (Phi) is 3.95. The van der Waals surface area contributed by atoms with Crippen molar-refractivity contribution in [2.24, 2.45) is 0 Å². The van der Waals surface area contributed by atoms with Gasteiger partial charge in [0.05, 0.1) is 5.60 Å². The van der Waals surface area contributed by atoms with E-state index in [4.69, 9.17) is 0 Å². The summed E-state index contributed by atoms with van der Waals surface area (Å²) in [5.74, 6) is 0.102. The van der Waals surface area contributed by atoms with E-state index in [2.05, 4.69) is 0 Å². The largest absolute Gasteiger partial charge is 0.389 e. The molecule has 0 aromatic heterocycles. The third-order valence-electron chi connectivity index (χ3n) is 3.63. The smallest absolute Gasteiger partial charge is 0.162 e. The fourth-order valence-corrected chi connectivity index (χ4v) is 2.58. The van der Waals surface area contributed by atoms with Crippen LogP contribution in [0.3, 0.4) is 0 Å². The van der Waals surface area contributed by atoms with Crippen LogP contribution in [0.5, 0.6) is 0 Å². The number of rotatable bonds is 3. The van der Waals surface area contributed by atoms with Crippen LogP contribution < -0.4 is 0 Å². The molecule has 0 unspecified atom stereocenters. The van der Waals surface area contributed by atoms with Crippen molar-refractivity contribution in [3.63, 3.8) is 0 Å². The van der Waals surface area contributed by atoms with Gasteiger partial charge in [0.1, 0.15) is 0 Å². The molecule has 2 aliphatic carbocycles. The van der Waals surface area contributed by atoms with Crippen molar-refractivity contribution in [3.8, 4) is 0 Å². The van der Waals surface area contributed by atoms with Crippen molar-refractivity contribution < 1.29 is 9.90 Å². The Bertz CT molecular complexity index is 368. The average Bonchev–Trinajstić information content (AvgIpc) is 2.57. The maximum absolute atomic E-state index is 12.1. The first-order valence-electron chi connectivity index (χ1n) is 6.48. The van der Waals surface area contributed by atoms with Gasteiger partial charge in [0.25, 0.3) is 0 Å². The van der Waals surface area contributed by atoms with Crippen molar-refractivity contribution in [2.75, 3.05) is 0 Å². The highest BCUT2D eigenvalue weighted by Gasteiger charge is 2.32. The molecule has 2 nitrogen and oxygen atoms in total. The average molecular weight is 232 g/mol. The number of carbonyl (C=O) groups excluding carboxylic acids is 1. The summed E-state index contributed by atoms with van der Waals surface area (Å²) in [5.41, 5.74) is 0.0737. The molecule has 0 amide bonds. The molecule has 2 aliphatic rings. The van der Waals surface area contributed by atoms with E-state index in [0.717, 1.165) is 31.3 Å². The van der Waals surface area contributed by atoms with Gasteiger partial charge in [-0.1, -0.05) is 49.6 Å². The summed E-state index contributed by atoms with van der Waals surface area (Å²) in [5, 5.41) is 10.4. The molecule has 2 heteroatoms. The summed E-state index contributed by atoms with van der Waals surface area (Å²) in [6.45, 7) is 0. The molecule has 0 saturated heterocycles. The summed E-state index contributed by atoms with van der Waals surface area (Å²) in [7, 11) is 0. The highest BCUT2D eigenvalue weighted by atomic mass is 16.3. The van der Waals surface area contributed by atoms with Crippen LogP contribution in [0.1, 0.15) is 44.9 Å². The second-order valence-electron chi connectivity index (χ2n) is 5.09. The van der Waals surface area contributed by atoms with Gasteiger partial charge in [-0.05, 0) is 24.8 Å². The quantitative estimate of drug-likeness (QED) is 0.812. The number of allylic oxidation sites excluding steroid dienone is 6. The van der Waals surface area contributed by atoms with Crippen molar-refractivity contribution in [2.45, 2.75) is 50.5 Å². The lowest BCUT2D eigenvalue weighted by atomic mass is 9.80. The maximum Gasteiger partial charge on any atom is 0.162 e. The number of aliphatic hydroxyl groups is 1. The number of hydrogen-bond donors (Lipinski definition) is 1. The molecule has 92 valence electrons. The van der Waals surface area contributed by atoms with Crippen LogP contribution in [0.15, 0.2) is 36.0 Å². The molecule has 17 heavy (non-hydrogen) atoms. The molecular formula is C15H20O2. The first-order valence-corrected chi connectivity index (χ1v) is 6.48. The van der Waals surface area contributed by atoms with Crippen molar-refractivity contribution in [1.82, 2.24) is 0 Å². The first kappa shape index (κ1) is 12.3. The molecule has 0 spiro atoms. The molecule has 1 N–H and O–H groups in total. The van der Waals surface area contributed by atoms with E-state index in [-0.39, 0.29) is 5.78 Å². The highest BCUT2D eigenvalue weighted by molar-refractivity contribution is 5.96. The molecule has 0 bridgehead atoms. The molecule has 0 aromatic rings. The zero-order valence-electron chi connectivity index (χ0n) is 10.2. The molecule has 2 rings (SSSR count). The summed E-state index contributed by atoms with van der Waals surface area (Å²) >= 11 is 0. The van der Waals surface area contributed by atoms with Gasteiger partial charge in [-0.2, -0.15) is 0 Å². The molecule has 0 atom stereocenters. The lowest BCUT2D eigenvalue weighted by molar-refractivity contribution is -0.121. The Morgan fingerprint density at radius 2 is 1.94 bits per heavy atom. The van der Waals surface area contributed by atoms with Gasteiger partial charge in [0, 0.05) is 6.42 Å². The highest BCUT2D eigenvalue weighted by Crippen LogP contribution is 2.32. The van der Waals surface area contributed by atoms with Crippen molar-refractivity contribution >= 4 is 5.78 Å². The predicted molar refractivity (Wildman–Crippen MR) is 68.6 cm³/mol. The van der Waals surface area contributed by atoms with E-state index in [9.17, 15) is 9.90 Å². The minimum absolute atomic E-state index is 0.102. The fourth-order valence-electron chi connectivity index (χ4n) is 2.58. The van der Waals surface area contributed by atoms with Crippen molar-refractivity contribution in [1.29, 1.82) is 0 Å². The van der Waals surface area contributed by atoms with Crippen LogP contribution in [0, 0.1) is 0 Å². The Morgan fingerprint density at radius 1 is 1.18 bits per heavy atom. The van der Waals surface area contributed by atoms with Gasteiger partial charge in [0.15, 0.2) is 5.78 Å². The van der Waals surface area contributed by atoms with Gasteiger partial charge >= 0.3 is 0 Å². The topological polar surface area (TPSA) is 37.3 Å². The van der Waals surface area contributed by atoms with Gasteiger partial charge < -0.3 is 5.11 Å². The van der Waals surface area contributed by atoms with E-state index in [0.29, 0.717) is 12.8 Å². The fraction of sp³-hybridized carbons (Fsp3) is 0.533. The van der Waals surface area contributed by atoms with Gasteiger partial charge in [-0.3, -0.25) is 4.79 Å². The number of Topliss-reactive ketones (excluding diaryl/α,β-unsaturated/α-hetero) is 1. The normalized spacial score (nSPS) is 23.0. The monoisotopic (exact) mass is 232 g/mol. The Balaban J connectivity index is 1.98. The zero-order chi connectivity index (χ0) is 12.1. The van der Waals surface area contributed by atoms with E-state index in [1.165, 1.54) is 6.42 Å². The van der Waals surface area contributed by atoms with Gasteiger partial charge in [-0.25, -0.2) is 0 Å². The molecule has 0 aliphatic heterocycles. The van der Waals surface area contributed by atoms with Crippen molar-refractivity contribution in [3.05, 3.63) is 36.0 Å². The van der Waals surface area contributed by atoms with Crippen LogP contribution in [-0.4, -0.2) is 16.5 Å². The molecule has 1 saturated carbocycles. The third kappa shape index (κ3) is 3.40. The van der Waals surface area contributed by atoms with Crippen LogP contribution >= 0.6 is 0 Å². The van der Waals surface area contributed by atoms with E-state index in [1.54, 1.807) is 0 Å². The second-order valence-corrected chi connectivity index (χ2v) is 5.09. The maximum atomic E-state index is 12.1.